The van der Waals surface area contributed by atoms with Gasteiger partial charge in [0.05, 0.1) is 21.8 Å². The Balaban J connectivity index is 1.68. The van der Waals surface area contributed by atoms with E-state index in [-0.39, 0.29) is 11.6 Å². The summed E-state index contributed by atoms with van der Waals surface area (Å²) in [5.74, 6) is -1.92. The number of rotatable bonds is 2. The first-order valence-electron chi connectivity index (χ1n) is 7.75. The number of carbonyl (C=O) groups is 1. The summed E-state index contributed by atoms with van der Waals surface area (Å²) in [5.41, 5.74) is 0.814. The van der Waals surface area contributed by atoms with Crippen LogP contribution in [-0.2, 0) is 0 Å². The van der Waals surface area contributed by atoms with Crippen molar-refractivity contribution in [2.45, 2.75) is 18.9 Å². The monoisotopic (exact) mass is 344 g/mol. The zero-order valence-electron chi connectivity index (χ0n) is 12.7. The van der Waals surface area contributed by atoms with Crippen molar-refractivity contribution >= 4 is 27.5 Å². The van der Waals surface area contributed by atoms with Crippen molar-refractivity contribution in [1.82, 2.24) is 9.88 Å². The Bertz CT molecular complexity index is 891. The number of hydrogen-bond donors (Lipinski definition) is 0. The van der Waals surface area contributed by atoms with Crippen molar-refractivity contribution < 1.29 is 13.6 Å². The smallest absolute Gasteiger partial charge is 0.257 e. The van der Waals surface area contributed by atoms with Gasteiger partial charge >= 0.3 is 0 Å². The fraction of sp³-hybridized carbons (Fsp3) is 0.222. The molecule has 0 N–H and O–H groups in total. The van der Waals surface area contributed by atoms with Crippen LogP contribution >= 0.6 is 11.3 Å². The molecule has 6 heteroatoms. The van der Waals surface area contributed by atoms with Crippen molar-refractivity contribution in [2.24, 2.45) is 0 Å². The molecule has 24 heavy (non-hydrogen) atoms. The highest BCUT2D eigenvalue weighted by atomic mass is 32.1. The second-order valence-corrected chi connectivity index (χ2v) is 6.86. The lowest BCUT2D eigenvalue weighted by atomic mass is 10.1. The number of amides is 1. The third-order valence-corrected chi connectivity index (χ3v) is 5.41. The van der Waals surface area contributed by atoms with Gasteiger partial charge in [0.15, 0.2) is 0 Å². The van der Waals surface area contributed by atoms with Crippen LogP contribution in [0.25, 0.3) is 10.2 Å². The number of para-hydroxylation sites is 1. The van der Waals surface area contributed by atoms with E-state index in [1.807, 2.05) is 24.3 Å². The number of likely N-dealkylation sites (tertiary alicyclic amines) is 1. The summed E-state index contributed by atoms with van der Waals surface area (Å²) in [6.45, 7) is 0.552. The summed E-state index contributed by atoms with van der Waals surface area (Å²) in [5, 5.41) is 0.865. The molecule has 0 aliphatic carbocycles. The highest BCUT2D eigenvalue weighted by Crippen LogP contribution is 2.37. The maximum absolute atomic E-state index is 14.0. The van der Waals surface area contributed by atoms with Gasteiger partial charge in [0.25, 0.3) is 5.91 Å². The Morgan fingerprint density at radius 1 is 1.21 bits per heavy atom. The molecule has 1 aliphatic heterocycles. The lowest BCUT2D eigenvalue weighted by molar-refractivity contribution is 0.0730. The van der Waals surface area contributed by atoms with Gasteiger partial charge in [0.1, 0.15) is 16.6 Å². The third-order valence-electron chi connectivity index (χ3n) is 4.27. The Morgan fingerprint density at radius 2 is 2.04 bits per heavy atom. The number of aromatic nitrogens is 1. The summed E-state index contributed by atoms with van der Waals surface area (Å²) in [6.07, 6.45) is 1.64. The van der Waals surface area contributed by atoms with Crippen LogP contribution in [0.4, 0.5) is 8.78 Å². The van der Waals surface area contributed by atoms with E-state index in [4.69, 9.17) is 0 Å². The van der Waals surface area contributed by atoms with Crippen molar-refractivity contribution in [3.05, 3.63) is 64.7 Å². The maximum Gasteiger partial charge on any atom is 0.257 e. The largest absolute Gasteiger partial charge is 0.329 e. The fourth-order valence-corrected chi connectivity index (χ4v) is 4.23. The predicted molar refractivity (Wildman–Crippen MR) is 89.0 cm³/mol. The van der Waals surface area contributed by atoms with Gasteiger partial charge in [-0.1, -0.05) is 12.1 Å². The number of hydrogen-bond acceptors (Lipinski definition) is 3. The average Bonchev–Trinajstić information content (AvgIpc) is 3.20. The molecule has 0 spiro atoms. The normalized spacial score (nSPS) is 17.6. The molecule has 1 atom stereocenters. The van der Waals surface area contributed by atoms with E-state index in [2.05, 4.69) is 4.98 Å². The first-order chi connectivity index (χ1) is 11.6. The van der Waals surface area contributed by atoms with Crippen LogP contribution in [0.5, 0.6) is 0 Å². The number of thiazole rings is 1. The first kappa shape index (κ1) is 15.2. The average molecular weight is 344 g/mol. The predicted octanol–water partition coefficient (Wildman–Crippen LogP) is 4.55. The van der Waals surface area contributed by atoms with Gasteiger partial charge in [0.2, 0.25) is 0 Å². The third kappa shape index (κ3) is 2.57. The van der Waals surface area contributed by atoms with Gasteiger partial charge in [-0.15, -0.1) is 11.3 Å². The van der Waals surface area contributed by atoms with Gasteiger partial charge in [-0.2, -0.15) is 0 Å². The molecule has 0 bridgehead atoms. The minimum absolute atomic E-state index is 0.0931. The second kappa shape index (κ2) is 5.94. The lowest BCUT2D eigenvalue weighted by Gasteiger charge is -2.23. The van der Waals surface area contributed by atoms with Crippen molar-refractivity contribution in [1.29, 1.82) is 0 Å². The van der Waals surface area contributed by atoms with E-state index < -0.39 is 17.5 Å². The molecule has 1 amide bonds. The molecule has 0 radical (unpaired) electrons. The molecule has 3 aromatic rings. The Hall–Kier alpha value is -2.34. The lowest BCUT2D eigenvalue weighted by Crippen LogP contribution is -2.31. The Kier molecular flexibility index (Phi) is 3.76. The van der Waals surface area contributed by atoms with Crippen LogP contribution in [0.3, 0.4) is 0 Å². The van der Waals surface area contributed by atoms with Gasteiger partial charge in [0, 0.05) is 12.6 Å². The maximum atomic E-state index is 14.0. The molecular weight excluding hydrogens is 330 g/mol. The van der Waals surface area contributed by atoms with Crippen LogP contribution in [-0.4, -0.2) is 22.3 Å². The summed E-state index contributed by atoms with van der Waals surface area (Å²) in [4.78, 5) is 19.0. The van der Waals surface area contributed by atoms with Crippen molar-refractivity contribution in [3.8, 4) is 0 Å². The first-order valence-corrected chi connectivity index (χ1v) is 8.56. The number of carbonyl (C=O) groups excluding carboxylic acids is 1. The summed E-state index contributed by atoms with van der Waals surface area (Å²) in [7, 11) is 0. The zero-order chi connectivity index (χ0) is 16.7. The molecule has 1 saturated heterocycles. The molecule has 1 aromatic heterocycles. The van der Waals surface area contributed by atoms with Gasteiger partial charge in [-0.05, 0) is 37.1 Å². The Labute approximate surface area is 141 Å². The summed E-state index contributed by atoms with van der Waals surface area (Å²) < 4.78 is 28.1. The Morgan fingerprint density at radius 3 is 2.83 bits per heavy atom. The van der Waals surface area contributed by atoms with Crippen molar-refractivity contribution in [2.75, 3.05) is 6.54 Å². The molecule has 4 rings (SSSR count). The highest BCUT2D eigenvalue weighted by molar-refractivity contribution is 7.18. The van der Waals surface area contributed by atoms with Crippen LogP contribution in [0.1, 0.15) is 34.2 Å². The molecule has 122 valence electrons. The topological polar surface area (TPSA) is 33.2 Å². The van der Waals surface area contributed by atoms with Crippen molar-refractivity contribution in [3.63, 3.8) is 0 Å². The molecule has 3 nitrogen and oxygen atoms in total. The quantitative estimate of drug-likeness (QED) is 0.683. The minimum Gasteiger partial charge on any atom is -0.329 e. The molecule has 1 fully saturated rings. The fourth-order valence-electron chi connectivity index (χ4n) is 3.12. The number of halogens is 2. The van der Waals surface area contributed by atoms with E-state index in [1.165, 1.54) is 6.07 Å². The van der Waals surface area contributed by atoms with Crippen LogP contribution in [0.15, 0.2) is 42.5 Å². The van der Waals surface area contributed by atoms with Crippen LogP contribution < -0.4 is 0 Å². The molecule has 0 saturated carbocycles. The molecular formula is C18H14F2N2OS. The molecule has 0 unspecified atom stereocenters. The SMILES string of the molecule is O=C(c1ccc(F)cc1F)N1CCC[C@@H]1c1nc2ccccc2s1. The van der Waals surface area contributed by atoms with Crippen LogP contribution in [0.2, 0.25) is 0 Å². The second-order valence-electron chi connectivity index (χ2n) is 5.80. The van der Waals surface area contributed by atoms with E-state index in [9.17, 15) is 13.6 Å². The van der Waals surface area contributed by atoms with E-state index in [1.54, 1.807) is 16.2 Å². The highest BCUT2D eigenvalue weighted by Gasteiger charge is 2.33. The van der Waals surface area contributed by atoms with E-state index in [0.29, 0.717) is 6.54 Å². The standard InChI is InChI=1S/C18H14F2N2OS/c19-11-7-8-12(13(20)10-11)18(23)22-9-3-5-15(22)17-21-14-4-1-2-6-16(14)24-17/h1-2,4,6-8,10,15H,3,5,9H2/t15-/m1/s1. The summed E-state index contributed by atoms with van der Waals surface area (Å²) in [6, 6.07) is 10.7. The number of fused-ring (bicyclic) bond motifs is 1. The molecule has 2 heterocycles. The summed E-state index contributed by atoms with van der Waals surface area (Å²) >= 11 is 1.56. The van der Waals surface area contributed by atoms with E-state index in [0.717, 1.165) is 40.2 Å². The minimum atomic E-state index is -0.824. The van der Waals surface area contributed by atoms with Gasteiger partial charge in [-0.3, -0.25) is 4.79 Å². The van der Waals surface area contributed by atoms with Gasteiger partial charge in [-0.25, -0.2) is 13.8 Å². The molecule has 1 aliphatic rings. The van der Waals surface area contributed by atoms with E-state index >= 15 is 0 Å². The number of benzene rings is 2. The van der Waals surface area contributed by atoms with Gasteiger partial charge < -0.3 is 4.90 Å². The molecule has 2 aromatic carbocycles. The number of nitrogens with zero attached hydrogens (tertiary/aromatic N) is 2. The van der Waals surface area contributed by atoms with Crippen LogP contribution in [0, 0.1) is 11.6 Å². The zero-order valence-corrected chi connectivity index (χ0v) is 13.5.